The van der Waals surface area contributed by atoms with Crippen LogP contribution in [0.25, 0.3) is 5.57 Å². The zero-order valence-corrected chi connectivity index (χ0v) is 9.45. The topological polar surface area (TPSA) is 0 Å². The fourth-order valence-corrected chi connectivity index (χ4v) is 2.14. The summed E-state index contributed by atoms with van der Waals surface area (Å²) in [4.78, 5) is 0. The Balaban J connectivity index is 2.34. The SMILES string of the molecule is FC1=CCC=C(c2cc(Cl)cc(Cl)c2)C1. The van der Waals surface area contributed by atoms with Gasteiger partial charge in [0.2, 0.25) is 0 Å². The molecule has 0 fully saturated rings. The first-order valence-electron chi connectivity index (χ1n) is 4.65. The predicted octanol–water partition coefficient (Wildman–Crippen LogP) is 5.02. The number of hydrogen-bond donors (Lipinski definition) is 0. The van der Waals surface area contributed by atoms with E-state index in [4.69, 9.17) is 23.2 Å². The van der Waals surface area contributed by atoms with E-state index in [0.29, 0.717) is 22.9 Å². The Morgan fingerprint density at radius 1 is 1.00 bits per heavy atom. The van der Waals surface area contributed by atoms with Crippen LogP contribution in [0.3, 0.4) is 0 Å². The second-order valence-corrected chi connectivity index (χ2v) is 4.32. The van der Waals surface area contributed by atoms with E-state index in [1.807, 2.05) is 6.08 Å². The Kier molecular flexibility index (Phi) is 3.13. The molecule has 0 saturated heterocycles. The third kappa shape index (κ3) is 2.61. The van der Waals surface area contributed by atoms with Gasteiger partial charge < -0.3 is 0 Å². The number of rotatable bonds is 1. The van der Waals surface area contributed by atoms with Gasteiger partial charge in [-0.15, -0.1) is 0 Å². The second-order valence-electron chi connectivity index (χ2n) is 3.45. The molecule has 0 atom stereocenters. The summed E-state index contributed by atoms with van der Waals surface area (Å²) in [5, 5.41) is 1.15. The minimum absolute atomic E-state index is 0.0939. The molecule has 0 aliphatic heterocycles. The highest BCUT2D eigenvalue weighted by molar-refractivity contribution is 6.34. The Bertz CT molecular complexity index is 427. The molecule has 0 spiro atoms. The number of halogens is 3. The number of allylic oxidation sites excluding steroid dienone is 4. The first-order chi connectivity index (χ1) is 7.15. The maximum Gasteiger partial charge on any atom is 0.101 e. The van der Waals surface area contributed by atoms with E-state index in [0.717, 1.165) is 11.1 Å². The molecule has 0 heterocycles. The van der Waals surface area contributed by atoms with E-state index in [1.165, 1.54) is 0 Å². The minimum atomic E-state index is -0.0939. The van der Waals surface area contributed by atoms with Gasteiger partial charge in [-0.1, -0.05) is 29.3 Å². The van der Waals surface area contributed by atoms with E-state index < -0.39 is 0 Å². The molecule has 1 aromatic carbocycles. The Morgan fingerprint density at radius 3 is 2.27 bits per heavy atom. The van der Waals surface area contributed by atoms with Crippen LogP contribution in [0.4, 0.5) is 4.39 Å². The molecule has 1 aliphatic rings. The fourth-order valence-electron chi connectivity index (χ4n) is 1.61. The molecule has 0 saturated carbocycles. The van der Waals surface area contributed by atoms with Gasteiger partial charge in [0, 0.05) is 16.5 Å². The molecule has 0 radical (unpaired) electrons. The van der Waals surface area contributed by atoms with E-state index in [-0.39, 0.29) is 5.83 Å². The monoisotopic (exact) mass is 242 g/mol. The number of benzene rings is 1. The van der Waals surface area contributed by atoms with Gasteiger partial charge in [0.05, 0.1) is 0 Å². The minimum Gasteiger partial charge on any atom is -0.212 e. The Hall–Kier alpha value is -0.790. The molecule has 78 valence electrons. The van der Waals surface area contributed by atoms with Crippen molar-refractivity contribution in [3.05, 3.63) is 51.8 Å². The Morgan fingerprint density at radius 2 is 1.67 bits per heavy atom. The van der Waals surface area contributed by atoms with Crippen LogP contribution in [0.15, 0.2) is 36.2 Å². The number of hydrogen-bond acceptors (Lipinski definition) is 0. The van der Waals surface area contributed by atoms with Crippen LogP contribution < -0.4 is 0 Å². The molecule has 0 amide bonds. The molecule has 15 heavy (non-hydrogen) atoms. The third-order valence-corrected chi connectivity index (χ3v) is 2.73. The van der Waals surface area contributed by atoms with Crippen LogP contribution in [0.2, 0.25) is 10.0 Å². The first-order valence-corrected chi connectivity index (χ1v) is 5.41. The molecule has 0 unspecified atom stereocenters. The van der Waals surface area contributed by atoms with Crippen LogP contribution >= 0.6 is 23.2 Å². The average Bonchev–Trinajstić information content (AvgIpc) is 2.16. The van der Waals surface area contributed by atoms with E-state index >= 15 is 0 Å². The van der Waals surface area contributed by atoms with Crippen molar-refractivity contribution in [1.82, 2.24) is 0 Å². The van der Waals surface area contributed by atoms with Crippen molar-refractivity contribution in [2.75, 3.05) is 0 Å². The zero-order chi connectivity index (χ0) is 10.8. The summed E-state index contributed by atoms with van der Waals surface area (Å²) >= 11 is 11.8. The summed E-state index contributed by atoms with van der Waals surface area (Å²) in [6, 6.07) is 5.28. The zero-order valence-electron chi connectivity index (χ0n) is 7.93. The second kappa shape index (κ2) is 4.38. The maximum absolute atomic E-state index is 13.1. The highest BCUT2D eigenvalue weighted by Crippen LogP contribution is 2.31. The van der Waals surface area contributed by atoms with Gasteiger partial charge in [-0.05, 0) is 41.8 Å². The lowest BCUT2D eigenvalue weighted by molar-refractivity contribution is 0.613. The lowest BCUT2D eigenvalue weighted by Crippen LogP contribution is -1.90. The van der Waals surface area contributed by atoms with Crippen LogP contribution in [-0.4, -0.2) is 0 Å². The first kappa shape index (κ1) is 10.7. The molecular weight excluding hydrogens is 234 g/mol. The summed E-state index contributed by atoms with van der Waals surface area (Å²) in [7, 11) is 0. The van der Waals surface area contributed by atoms with Crippen molar-refractivity contribution in [3.8, 4) is 0 Å². The summed E-state index contributed by atoms with van der Waals surface area (Å²) in [6.45, 7) is 0. The lowest BCUT2D eigenvalue weighted by atomic mass is 9.97. The van der Waals surface area contributed by atoms with Gasteiger partial charge >= 0.3 is 0 Å². The van der Waals surface area contributed by atoms with Crippen molar-refractivity contribution in [3.63, 3.8) is 0 Å². The molecule has 1 aliphatic carbocycles. The van der Waals surface area contributed by atoms with Gasteiger partial charge in [-0.25, -0.2) is 4.39 Å². The largest absolute Gasteiger partial charge is 0.212 e. The molecule has 2 rings (SSSR count). The molecule has 0 N–H and O–H groups in total. The fraction of sp³-hybridized carbons (Fsp3) is 0.167. The van der Waals surface area contributed by atoms with Crippen molar-refractivity contribution >= 4 is 28.8 Å². The highest BCUT2D eigenvalue weighted by atomic mass is 35.5. The normalized spacial score (nSPS) is 15.9. The van der Waals surface area contributed by atoms with Crippen molar-refractivity contribution in [2.45, 2.75) is 12.8 Å². The maximum atomic E-state index is 13.1. The molecule has 1 aromatic rings. The lowest BCUT2D eigenvalue weighted by Gasteiger charge is -2.11. The van der Waals surface area contributed by atoms with Crippen LogP contribution in [-0.2, 0) is 0 Å². The van der Waals surface area contributed by atoms with Gasteiger partial charge in [0.15, 0.2) is 0 Å². The molecule has 3 heteroatoms. The van der Waals surface area contributed by atoms with E-state index in [2.05, 4.69) is 0 Å². The Labute approximate surface area is 98.0 Å². The molecule has 0 bridgehead atoms. The van der Waals surface area contributed by atoms with Crippen LogP contribution in [0.5, 0.6) is 0 Å². The van der Waals surface area contributed by atoms with E-state index in [1.54, 1.807) is 24.3 Å². The molecule has 0 aromatic heterocycles. The smallest absolute Gasteiger partial charge is 0.101 e. The standard InChI is InChI=1S/C12H9Cl2F/c13-10-4-9(5-11(14)7-10)8-2-1-3-12(15)6-8/h2-5,7H,1,6H2. The van der Waals surface area contributed by atoms with Crippen LogP contribution in [0.1, 0.15) is 18.4 Å². The highest BCUT2D eigenvalue weighted by Gasteiger charge is 2.09. The van der Waals surface area contributed by atoms with Crippen molar-refractivity contribution in [1.29, 1.82) is 0 Å². The molecular formula is C12H9Cl2F. The summed E-state index contributed by atoms with van der Waals surface area (Å²) < 4.78 is 13.1. The van der Waals surface area contributed by atoms with Crippen molar-refractivity contribution in [2.24, 2.45) is 0 Å². The molecule has 0 nitrogen and oxygen atoms in total. The average molecular weight is 243 g/mol. The van der Waals surface area contributed by atoms with E-state index in [9.17, 15) is 4.39 Å². The quantitative estimate of drug-likeness (QED) is 0.649. The van der Waals surface area contributed by atoms with Gasteiger partial charge in [-0.2, -0.15) is 0 Å². The van der Waals surface area contributed by atoms with Gasteiger partial charge in [0.25, 0.3) is 0 Å². The summed E-state index contributed by atoms with van der Waals surface area (Å²) in [6.07, 6.45) is 4.53. The predicted molar refractivity (Wildman–Crippen MR) is 62.9 cm³/mol. The van der Waals surface area contributed by atoms with Gasteiger partial charge in [-0.3, -0.25) is 0 Å². The third-order valence-electron chi connectivity index (χ3n) is 2.30. The van der Waals surface area contributed by atoms with Crippen LogP contribution in [0, 0.1) is 0 Å². The summed E-state index contributed by atoms with van der Waals surface area (Å²) in [5.41, 5.74) is 1.84. The van der Waals surface area contributed by atoms with Gasteiger partial charge in [0.1, 0.15) is 5.83 Å². The van der Waals surface area contributed by atoms with Crippen molar-refractivity contribution < 1.29 is 4.39 Å². The summed E-state index contributed by atoms with van der Waals surface area (Å²) in [5.74, 6) is -0.0939.